The molecule has 6 nitrogen and oxygen atoms in total. The number of nitrogens with zero attached hydrogens (tertiary/aromatic N) is 2. The summed E-state index contributed by atoms with van der Waals surface area (Å²) in [6, 6.07) is 15.4. The number of benzene rings is 2. The largest absolute Gasteiger partial charge is 0.493 e. The first-order chi connectivity index (χ1) is 13.6. The van der Waals surface area contributed by atoms with E-state index in [0.29, 0.717) is 17.2 Å². The van der Waals surface area contributed by atoms with E-state index in [0.717, 1.165) is 28.0 Å². The lowest BCUT2D eigenvalue weighted by Gasteiger charge is -2.14. The van der Waals surface area contributed by atoms with Gasteiger partial charge in [-0.1, -0.05) is 24.3 Å². The number of fused-ring (bicyclic) bond motifs is 1. The summed E-state index contributed by atoms with van der Waals surface area (Å²) in [5, 5.41) is 5.96. The molecule has 2 aromatic carbocycles. The third-order valence-corrected chi connectivity index (χ3v) is 4.78. The third-order valence-electron chi connectivity index (χ3n) is 4.78. The Balaban J connectivity index is 1.83. The molecule has 0 aliphatic carbocycles. The van der Waals surface area contributed by atoms with Gasteiger partial charge in [-0.15, -0.1) is 0 Å². The van der Waals surface area contributed by atoms with Crippen molar-refractivity contribution in [2.45, 2.75) is 6.42 Å². The van der Waals surface area contributed by atoms with E-state index in [1.165, 1.54) is 5.01 Å². The van der Waals surface area contributed by atoms with Crippen molar-refractivity contribution in [1.29, 1.82) is 0 Å². The van der Waals surface area contributed by atoms with Crippen LogP contribution >= 0.6 is 0 Å². The number of furan rings is 1. The van der Waals surface area contributed by atoms with E-state index in [-0.39, 0.29) is 12.3 Å². The van der Waals surface area contributed by atoms with Gasteiger partial charge < -0.3 is 13.9 Å². The Morgan fingerprint density at radius 3 is 2.32 bits per heavy atom. The second-order valence-electron chi connectivity index (χ2n) is 6.46. The highest BCUT2D eigenvalue weighted by molar-refractivity contribution is 6.15. The number of ether oxygens (including phenoxy) is 2. The van der Waals surface area contributed by atoms with Gasteiger partial charge in [-0.25, -0.2) is 5.01 Å². The number of hydrazone groups is 1. The molecule has 142 valence electrons. The SMILES string of the molecule is COc1cc2c(cc1OC)C(c1ccc(-c3ccco3)cc1)=NN(C)C(=O)C2. The van der Waals surface area contributed by atoms with Crippen molar-refractivity contribution in [3.8, 4) is 22.8 Å². The molecule has 2 heterocycles. The maximum Gasteiger partial charge on any atom is 0.246 e. The lowest BCUT2D eigenvalue weighted by molar-refractivity contribution is -0.129. The molecule has 0 N–H and O–H groups in total. The molecule has 0 saturated heterocycles. The number of hydrogen-bond donors (Lipinski definition) is 0. The molecule has 28 heavy (non-hydrogen) atoms. The zero-order valence-electron chi connectivity index (χ0n) is 15.9. The lowest BCUT2D eigenvalue weighted by atomic mass is 9.94. The number of carbonyl (C=O) groups is 1. The first-order valence-corrected chi connectivity index (χ1v) is 8.85. The van der Waals surface area contributed by atoms with Crippen LogP contribution in [0.5, 0.6) is 11.5 Å². The van der Waals surface area contributed by atoms with Gasteiger partial charge in [0, 0.05) is 23.7 Å². The Morgan fingerprint density at radius 2 is 1.68 bits per heavy atom. The van der Waals surface area contributed by atoms with Crippen LogP contribution in [0.2, 0.25) is 0 Å². The van der Waals surface area contributed by atoms with Crippen molar-refractivity contribution in [2.75, 3.05) is 21.3 Å². The Hall–Kier alpha value is -3.54. The van der Waals surface area contributed by atoms with E-state index in [1.54, 1.807) is 27.5 Å². The second-order valence-corrected chi connectivity index (χ2v) is 6.46. The molecule has 3 aromatic rings. The minimum atomic E-state index is -0.0873. The fourth-order valence-corrected chi connectivity index (χ4v) is 3.27. The first kappa shape index (κ1) is 17.9. The molecule has 0 unspecified atom stereocenters. The quantitative estimate of drug-likeness (QED) is 0.696. The molecule has 1 aliphatic heterocycles. The summed E-state index contributed by atoms with van der Waals surface area (Å²) in [4.78, 5) is 12.5. The highest BCUT2D eigenvalue weighted by Crippen LogP contribution is 2.34. The van der Waals surface area contributed by atoms with Crippen LogP contribution in [0.15, 0.2) is 64.3 Å². The Kier molecular flexibility index (Phi) is 4.61. The van der Waals surface area contributed by atoms with Crippen molar-refractivity contribution in [3.63, 3.8) is 0 Å². The average molecular weight is 376 g/mol. The molecular formula is C22H20N2O4. The highest BCUT2D eigenvalue weighted by atomic mass is 16.5. The van der Waals surface area contributed by atoms with Gasteiger partial charge in [0.1, 0.15) is 5.76 Å². The number of rotatable bonds is 4. The molecule has 0 fully saturated rings. The van der Waals surface area contributed by atoms with Gasteiger partial charge in [0.15, 0.2) is 11.5 Å². The highest BCUT2D eigenvalue weighted by Gasteiger charge is 2.24. The maximum atomic E-state index is 12.5. The summed E-state index contributed by atoms with van der Waals surface area (Å²) in [7, 11) is 4.84. The molecule has 6 heteroatoms. The van der Waals surface area contributed by atoms with Crippen LogP contribution in [0.1, 0.15) is 16.7 Å². The first-order valence-electron chi connectivity index (χ1n) is 8.85. The number of likely N-dealkylation sites (N-methyl/N-ethyl adjacent to an activating group) is 1. The van der Waals surface area contributed by atoms with Gasteiger partial charge in [-0.2, -0.15) is 5.10 Å². The van der Waals surface area contributed by atoms with Crippen LogP contribution in [0.3, 0.4) is 0 Å². The Morgan fingerprint density at radius 1 is 1.00 bits per heavy atom. The summed E-state index contributed by atoms with van der Waals surface area (Å²) >= 11 is 0. The zero-order valence-corrected chi connectivity index (χ0v) is 15.9. The molecule has 0 atom stereocenters. The predicted molar refractivity (Wildman–Crippen MR) is 106 cm³/mol. The van der Waals surface area contributed by atoms with Crippen molar-refractivity contribution in [2.24, 2.45) is 5.10 Å². The molecule has 0 saturated carbocycles. The average Bonchev–Trinajstić information content (AvgIpc) is 3.23. The van der Waals surface area contributed by atoms with E-state index in [1.807, 2.05) is 48.5 Å². The van der Waals surface area contributed by atoms with Crippen molar-refractivity contribution in [3.05, 3.63) is 71.5 Å². The summed E-state index contributed by atoms with van der Waals surface area (Å²) < 4.78 is 16.3. The molecule has 1 amide bonds. The molecule has 1 aliphatic rings. The lowest BCUT2D eigenvalue weighted by Crippen LogP contribution is -2.22. The number of carbonyl (C=O) groups excluding carboxylic acids is 1. The van der Waals surface area contributed by atoms with Gasteiger partial charge in [-0.05, 0) is 29.8 Å². The van der Waals surface area contributed by atoms with Gasteiger partial charge >= 0.3 is 0 Å². The zero-order chi connectivity index (χ0) is 19.7. The van der Waals surface area contributed by atoms with Crippen LogP contribution in [0.25, 0.3) is 11.3 Å². The van der Waals surface area contributed by atoms with Crippen LogP contribution in [0.4, 0.5) is 0 Å². The fraction of sp³-hybridized carbons (Fsp3) is 0.182. The summed E-state index contributed by atoms with van der Waals surface area (Å²) in [5.74, 6) is 1.90. The topological polar surface area (TPSA) is 64.3 Å². The standard InChI is InChI=1S/C22H20N2O4/c1-24-21(25)12-16-11-19(26-2)20(27-3)13-17(16)22(23-24)15-8-6-14(7-9-15)18-5-4-10-28-18/h4-11,13H,12H2,1-3H3. The van der Waals surface area contributed by atoms with Gasteiger partial charge in [0.25, 0.3) is 0 Å². The number of hydrogen-bond acceptors (Lipinski definition) is 5. The second kappa shape index (κ2) is 7.23. The molecule has 4 rings (SSSR count). The van der Waals surface area contributed by atoms with Crippen molar-refractivity contribution < 1.29 is 18.7 Å². The third kappa shape index (κ3) is 3.13. The Labute approximate surface area is 163 Å². The van der Waals surface area contributed by atoms with Crippen LogP contribution in [-0.2, 0) is 11.2 Å². The van der Waals surface area contributed by atoms with E-state index in [4.69, 9.17) is 13.9 Å². The number of amides is 1. The van der Waals surface area contributed by atoms with E-state index in [2.05, 4.69) is 5.10 Å². The van der Waals surface area contributed by atoms with Crippen LogP contribution < -0.4 is 9.47 Å². The summed E-state index contributed by atoms with van der Waals surface area (Å²) in [5.41, 5.74) is 4.27. The molecular weight excluding hydrogens is 356 g/mol. The summed E-state index contributed by atoms with van der Waals surface area (Å²) in [6.07, 6.45) is 1.89. The minimum Gasteiger partial charge on any atom is -0.493 e. The molecule has 1 aromatic heterocycles. The van der Waals surface area contributed by atoms with Gasteiger partial charge in [-0.3, -0.25) is 4.79 Å². The summed E-state index contributed by atoms with van der Waals surface area (Å²) in [6.45, 7) is 0. The maximum absolute atomic E-state index is 12.5. The normalized spacial score (nSPS) is 13.6. The monoisotopic (exact) mass is 376 g/mol. The van der Waals surface area contributed by atoms with E-state index < -0.39 is 0 Å². The molecule has 0 spiro atoms. The van der Waals surface area contributed by atoms with Crippen molar-refractivity contribution >= 4 is 11.6 Å². The van der Waals surface area contributed by atoms with Crippen molar-refractivity contribution in [1.82, 2.24) is 5.01 Å². The van der Waals surface area contributed by atoms with Crippen LogP contribution in [0, 0.1) is 0 Å². The molecule has 0 bridgehead atoms. The van der Waals surface area contributed by atoms with Gasteiger partial charge in [0.05, 0.1) is 32.6 Å². The van der Waals surface area contributed by atoms with E-state index in [9.17, 15) is 4.79 Å². The fourth-order valence-electron chi connectivity index (χ4n) is 3.27. The molecule has 0 radical (unpaired) electrons. The van der Waals surface area contributed by atoms with E-state index >= 15 is 0 Å². The number of methoxy groups -OCH3 is 2. The van der Waals surface area contributed by atoms with Gasteiger partial charge in [0.2, 0.25) is 5.91 Å². The Bertz CT molecular complexity index is 1040. The smallest absolute Gasteiger partial charge is 0.246 e. The minimum absolute atomic E-state index is 0.0873. The predicted octanol–water partition coefficient (Wildman–Crippen LogP) is 3.73. The van der Waals surface area contributed by atoms with Crippen LogP contribution in [-0.4, -0.2) is 37.9 Å².